The van der Waals surface area contributed by atoms with Crippen molar-refractivity contribution in [2.45, 2.75) is 33.0 Å². The molecule has 0 aromatic rings. The van der Waals surface area contributed by atoms with Crippen molar-refractivity contribution in [3.8, 4) is 0 Å². The third-order valence-corrected chi connectivity index (χ3v) is 4.39. The molecule has 0 aromatic carbocycles. The normalized spacial score (nSPS) is 17.4. The van der Waals surface area contributed by atoms with E-state index in [2.05, 4.69) is 13.8 Å². The minimum atomic E-state index is -2.50. The van der Waals surface area contributed by atoms with E-state index in [9.17, 15) is 4.57 Å². The fourth-order valence-corrected chi connectivity index (χ4v) is 2.52. The van der Waals surface area contributed by atoms with Crippen molar-refractivity contribution in [1.82, 2.24) is 0 Å². The average molecular weight is 252 g/mol. The van der Waals surface area contributed by atoms with E-state index in [0.29, 0.717) is 25.1 Å². The van der Waals surface area contributed by atoms with Gasteiger partial charge in [0.2, 0.25) is 0 Å². The molecule has 0 amide bonds. The summed E-state index contributed by atoms with van der Waals surface area (Å²) in [7, 11) is 0.656. The summed E-state index contributed by atoms with van der Waals surface area (Å²) in [6.45, 7) is 6.43. The highest BCUT2D eigenvalue weighted by atomic mass is 31.2. The quantitative estimate of drug-likeness (QED) is 0.467. The molecule has 0 radical (unpaired) electrons. The van der Waals surface area contributed by atoms with Gasteiger partial charge in [-0.05, 0) is 5.92 Å². The van der Waals surface area contributed by atoms with Gasteiger partial charge in [-0.2, -0.15) is 0 Å². The summed E-state index contributed by atoms with van der Waals surface area (Å²) in [4.78, 5) is 0. The second kappa shape index (κ2) is 8.24. The van der Waals surface area contributed by atoms with Gasteiger partial charge < -0.3 is 14.0 Å². The zero-order valence-corrected chi connectivity index (χ0v) is 12.0. The molecule has 0 aromatic heterocycles. The first-order valence-corrected chi connectivity index (χ1v) is 7.97. The van der Waals surface area contributed by atoms with Gasteiger partial charge in [0.1, 0.15) is 0 Å². The number of methoxy groups -OCH3 is 2. The predicted molar refractivity (Wildman–Crippen MR) is 66.2 cm³/mol. The van der Waals surface area contributed by atoms with Crippen molar-refractivity contribution in [2.75, 3.05) is 33.7 Å². The van der Waals surface area contributed by atoms with Crippen LogP contribution in [0.5, 0.6) is 0 Å². The molecule has 0 saturated heterocycles. The molecule has 0 saturated carbocycles. The van der Waals surface area contributed by atoms with Crippen molar-refractivity contribution in [3.63, 3.8) is 0 Å². The van der Waals surface area contributed by atoms with Crippen molar-refractivity contribution in [2.24, 2.45) is 5.92 Å². The maximum atomic E-state index is 12.0. The van der Waals surface area contributed by atoms with E-state index in [0.717, 1.165) is 6.42 Å². The second-order valence-electron chi connectivity index (χ2n) is 4.24. The average Bonchev–Trinajstić information content (AvgIpc) is 2.27. The van der Waals surface area contributed by atoms with Crippen LogP contribution in [0.15, 0.2) is 0 Å². The van der Waals surface area contributed by atoms with E-state index in [-0.39, 0.29) is 6.29 Å². The van der Waals surface area contributed by atoms with Crippen LogP contribution in [0.3, 0.4) is 0 Å². The Bertz CT molecular complexity index is 216. The fourth-order valence-electron chi connectivity index (χ4n) is 1.14. The molecule has 4 nitrogen and oxygen atoms in total. The van der Waals surface area contributed by atoms with Crippen LogP contribution in [0.1, 0.15) is 26.7 Å². The van der Waals surface area contributed by atoms with E-state index in [1.54, 1.807) is 20.9 Å². The van der Waals surface area contributed by atoms with Crippen LogP contribution in [-0.2, 0) is 18.6 Å². The van der Waals surface area contributed by atoms with Gasteiger partial charge in [-0.1, -0.05) is 20.3 Å². The lowest BCUT2D eigenvalue weighted by atomic mass is 10.1. The van der Waals surface area contributed by atoms with Gasteiger partial charge in [0.25, 0.3) is 0 Å². The molecule has 0 rings (SSSR count). The minimum Gasteiger partial charge on any atom is -0.356 e. The van der Waals surface area contributed by atoms with Gasteiger partial charge in [-0.25, -0.2) is 0 Å². The molecule has 5 heteroatoms. The molecule has 2 atom stereocenters. The number of rotatable bonds is 9. The fraction of sp³-hybridized carbons (Fsp3) is 1.00. The van der Waals surface area contributed by atoms with Gasteiger partial charge in [0, 0.05) is 33.5 Å². The molecule has 0 fully saturated rings. The van der Waals surface area contributed by atoms with Gasteiger partial charge in [-0.3, -0.25) is 4.57 Å². The Kier molecular flexibility index (Phi) is 8.29. The molecule has 0 heterocycles. The molecular formula is C11H25O4P. The van der Waals surface area contributed by atoms with Crippen LogP contribution < -0.4 is 0 Å². The van der Waals surface area contributed by atoms with E-state index in [4.69, 9.17) is 14.0 Å². The Hall–Kier alpha value is 0.110. The Morgan fingerprint density at radius 2 is 1.81 bits per heavy atom. The molecule has 0 spiro atoms. The molecule has 98 valence electrons. The maximum absolute atomic E-state index is 12.0. The maximum Gasteiger partial charge on any atom is 0.200 e. The monoisotopic (exact) mass is 252 g/mol. The first-order valence-electron chi connectivity index (χ1n) is 5.71. The highest BCUT2D eigenvalue weighted by Gasteiger charge is 2.19. The van der Waals surface area contributed by atoms with Crippen molar-refractivity contribution in [1.29, 1.82) is 0 Å². The highest BCUT2D eigenvalue weighted by molar-refractivity contribution is 7.58. The van der Waals surface area contributed by atoms with Gasteiger partial charge in [0.05, 0.1) is 6.61 Å². The zero-order chi connectivity index (χ0) is 12.6. The molecule has 0 aliphatic carbocycles. The SMILES string of the molecule is CCC(C)COP(C)(=O)CCC(OC)OC. The molecular weight excluding hydrogens is 227 g/mol. The van der Waals surface area contributed by atoms with Crippen LogP contribution >= 0.6 is 7.37 Å². The number of hydrogen-bond acceptors (Lipinski definition) is 4. The summed E-state index contributed by atoms with van der Waals surface area (Å²) in [5.74, 6) is 0.453. The lowest BCUT2D eigenvalue weighted by molar-refractivity contribution is -0.103. The molecule has 2 unspecified atom stereocenters. The predicted octanol–water partition coefficient (Wildman–Crippen LogP) is 2.97. The summed E-state index contributed by atoms with van der Waals surface area (Å²) >= 11 is 0. The van der Waals surface area contributed by atoms with Crippen molar-refractivity contribution >= 4 is 7.37 Å². The van der Waals surface area contributed by atoms with Crippen molar-refractivity contribution in [3.05, 3.63) is 0 Å². The largest absolute Gasteiger partial charge is 0.356 e. The van der Waals surface area contributed by atoms with Gasteiger partial charge in [-0.15, -0.1) is 0 Å². The number of ether oxygens (including phenoxy) is 2. The summed E-state index contributed by atoms with van der Waals surface area (Å²) < 4.78 is 27.6. The van der Waals surface area contributed by atoms with Crippen LogP contribution in [0, 0.1) is 5.92 Å². The molecule has 0 bridgehead atoms. The third-order valence-electron chi connectivity index (χ3n) is 2.63. The minimum absolute atomic E-state index is 0.291. The van der Waals surface area contributed by atoms with E-state index < -0.39 is 7.37 Å². The van der Waals surface area contributed by atoms with Crippen molar-refractivity contribution < 1.29 is 18.6 Å². The Balaban J connectivity index is 3.90. The topological polar surface area (TPSA) is 44.8 Å². The van der Waals surface area contributed by atoms with Gasteiger partial charge >= 0.3 is 0 Å². The summed E-state index contributed by atoms with van der Waals surface area (Å²) in [6, 6.07) is 0. The van der Waals surface area contributed by atoms with Crippen LogP contribution in [-0.4, -0.2) is 39.9 Å². The zero-order valence-electron chi connectivity index (χ0n) is 11.1. The van der Waals surface area contributed by atoms with Crippen LogP contribution in [0.25, 0.3) is 0 Å². The highest BCUT2D eigenvalue weighted by Crippen LogP contribution is 2.44. The first kappa shape index (κ1) is 16.1. The Morgan fingerprint density at radius 3 is 2.25 bits per heavy atom. The molecule has 0 aliphatic heterocycles. The summed E-state index contributed by atoms with van der Waals surface area (Å²) in [5.41, 5.74) is 0. The first-order chi connectivity index (χ1) is 7.45. The molecule has 0 N–H and O–H groups in total. The van der Waals surface area contributed by atoms with Gasteiger partial charge in [0.15, 0.2) is 13.7 Å². The van der Waals surface area contributed by atoms with E-state index in [1.807, 2.05) is 0 Å². The smallest absolute Gasteiger partial charge is 0.200 e. The Morgan fingerprint density at radius 1 is 1.25 bits per heavy atom. The molecule has 0 aliphatic rings. The number of hydrogen-bond donors (Lipinski definition) is 0. The third kappa shape index (κ3) is 7.39. The summed E-state index contributed by atoms with van der Waals surface area (Å²) in [6.07, 6.45) is 1.84. The molecule has 16 heavy (non-hydrogen) atoms. The standard InChI is InChI=1S/C11H25O4P/c1-6-10(2)9-15-16(5,12)8-7-11(13-3)14-4/h10-11H,6-9H2,1-5H3. The lowest BCUT2D eigenvalue weighted by Gasteiger charge is -2.19. The second-order valence-corrected chi connectivity index (χ2v) is 6.97. The van der Waals surface area contributed by atoms with E-state index >= 15 is 0 Å². The Labute approximate surface area is 99.1 Å². The van der Waals surface area contributed by atoms with E-state index in [1.165, 1.54) is 0 Å². The lowest BCUT2D eigenvalue weighted by Crippen LogP contribution is -2.15. The van der Waals surface area contributed by atoms with Crippen LogP contribution in [0.4, 0.5) is 0 Å². The van der Waals surface area contributed by atoms with Crippen LogP contribution in [0.2, 0.25) is 0 Å². The summed E-state index contributed by atoms with van der Waals surface area (Å²) in [5, 5.41) is 0.